The second kappa shape index (κ2) is 10.1. The molecule has 0 bridgehead atoms. The molecule has 5 nitrogen and oxygen atoms in total. The predicted octanol–water partition coefficient (Wildman–Crippen LogP) is 4.59. The van der Waals surface area contributed by atoms with Crippen LogP contribution in [0.3, 0.4) is 0 Å². The lowest BCUT2D eigenvalue weighted by Crippen LogP contribution is -2.43. The normalized spacial score (nSPS) is 19.5. The molecule has 2 heterocycles. The third-order valence-electron chi connectivity index (χ3n) is 4.57. The molecule has 2 unspecified atom stereocenters. The summed E-state index contributed by atoms with van der Waals surface area (Å²) >= 11 is 5.04. The summed E-state index contributed by atoms with van der Waals surface area (Å²) in [5.41, 5.74) is 1.88. The molecule has 1 saturated heterocycles. The first kappa shape index (κ1) is 21.6. The molecule has 150 valence electrons. The van der Waals surface area contributed by atoms with E-state index in [0.717, 1.165) is 24.3 Å². The van der Waals surface area contributed by atoms with Gasteiger partial charge in [-0.3, -0.25) is 9.59 Å². The quantitative estimate of drug-likeness (QED) is 0.557. The van der Waals surface area contributed by atoms with Crippen molar-refractivity contribution in [2.75, 3.05) is 29.9 Å². The molecule has 1 fully saturated rings. The standard InChI is InChI=1S/C20H24IN3O2S2/c1-13-7-14(2)9-24(8-13)19(26)12-27-11-18(25)23-20-22-17(10-28-20)15-3-5-16(21)6-4-15/h3-6,10,13-14H,7-9,11-12H2,1-2H3,(H,22,23,25). The average Bonchev–Trinajstić information content (AvgIpc) is 3.09. The van der Waals surface area contributed by atoms with Gasteiger partial charge in [0.05, 0.1) is 17.2 Å². The number of likely N-dealkylation sites (tertiary alicyclic amines) is 1. The van der Waals surface area contributed by atoms with Crippen LogP contribution in [0.1, 0.15) is 20.3 Å². The van der Waals surface area contributed by atoms with Crippen molar-refractivity contribution in [1.82, 2.24) is 9.88 Å². The molecule has 0 spiro atoms. The van der Waals surface area contributed by atoms with Gasteiger partial charge in [-0.1, -0.05) is 26.0 Å². The van der Waals surface area contributed by atoms with Crippen LogP contribution in [-0.2, 0) is 9.59 Å². The summed E-state index contributed by atoms with van der Waals surface area (Å²) in [6.07, 6.45) is 1.18. The summed E-state index contributed by atoms with van der Waals surface area (Å²) in [7, 11) is 0. The van der Waals surface area contributed by atoms with E-state index in [1.165, 1.54) is 33.1 Å². The Kier molecular flexibility index (Phi) is 7.76. The number of nitrogens with one attached hydrogen (secondary N) is 1. The third kappa shape index (κ3) is 6.18. The Morgan fingerprint density at radius 3 is 2.57 bits per heavy atom. The molecule has 1 aromatic carbocycles. The number of rotatable bonds is 6. The van der Waals surface area contributed by atoms with E-state index < -0.39 is 0 Å². The summed E-state index contributed by atoms with van der Waals surface area (Å²) < 4.78 is 1.17. The van der Waals surface area contributed by atoms with Crippen LogP contribution in [-0.4, -0.2) is 46.3 Å². The van der Waals surface area contributed by atoms with E-state index >= 15 is 0 Å². The zero-order valence-corrected chi connectivity index (χ0v) is 19.8. The second-order valence-corrected chi connectivity index (χ2v) is 10.4. The van der Waals surface area contributed by atoms with Gasteiger partial charge in [0.1, 0.15) is 0 Å². The van der Waals surface area contributed by atoms with Gasteiger partial charge in [-0.25, -0.2) is 4.98 Å². The summed E-state index contributed by atoms with van der Waals surface area (Å²) in [6.45, 7) is 6.04. The number of amides is 2. The lowest BCUT2D eigenvalue weighted by atomic mass is 9.92. The van der Waals surface area contributed by atoms with Crippen molar-refractivity contribution in [3.05, 3.63) is 33.2 Å². The predicted molar refractivity (Wildman–Crippen MR) is 126 cm³/mol. The third-order valence-corrected chi connectivity index (χ3v) is 6.97. The van der Waals surface area contributed by atoms with Crippen LogP contribution in [0.5, 0.6) is 0 Å². The van der Waals surface area contributed by atoms with Crippen LogP contribution in [0.25, 0.3) is 11.3 Å². The zero-order chi connectivity index (χ0) is 20.1. The molecule has 1 aliphatic heterocycles. The molecular formula is C20H24IN3O2S2. The number of piperidine rings is 1. The van der Waals surface area contributed by atoms with Crippen molar-refractivity contribution in [2.45, 2.75) is 20.3 Å². The highest BCUT2D eigenvalue weighted by atomic mass is 127. The smallest absolute Gasteiger partial charge is 0.236 e. The first-order valence-corrected chi connectivity index (χ1v) is 12.4. The van der Waals surface area contributed by atoms with Gasteiger partial charge < -0.3 is 10.2 Å². The first-order chi connectivity index (χ1) is 13.4. The van der Waals surface area contributed by atoms with Crippen molar-refractivity contribution in [1.29, 1.82) is 0 Å². The number of thioether (sulfide) groups is 1. The fourth-order valence-electron chi connectivity index (χ4n) is 3.43. The number of carbonyl (C=O) groups excluding carboxylic acids is 2. The molecule has 1 aliphatic rings. The Bertz CT molecular complexity index is 815. The van der Waals surface area contributed by atoms with Crippen LogP contribution in [0.15, 0.2) is 29.6 Å². The van der Waals surface area contributed by atoms with Crippen molar-refractivity contribution in [2.24, 2.45) is 11.8 Å². The molecule has 8 heteroatoms. The van der Waals surface area contributed by atoms with Gasteiger partial charge in [0.25, 0.3) is 0 Å². The van der Waals surface area contributed by atoms with Crippen molar-refractivity contribution in [3.8, 4) is 11.3 Å². The topological polar surface area (TPSA) is 62.3 Å². The van der Waals surface area contributed by atoms with Crippen LogP contribution >= 0.6 is 45.7 Å². The van der Waals surface area contributed by atoms with Crippen LogP contribution in [0.4, 0.5) is 5.13 Å². The molecule has 0 radical (unpaired) electrons. The summed E-state index contributed by atoms with van der Waals surface area (Å²) in [4.78, 5) is 31.0. The highest BCUT2D eigenvalue weighted by Gasteiger charge is 2.25. The minimum atomic E-state index is -0.123. The van der Waals surface area contributed by atoms with Crippen molar-refractivity contribution >= 4 is 62.6 Å². The highest BCUT2D eigenvalue weighted by Crippen LogP contribution is 2.26. The molecule has 0 aliphatic carbocycles. The number of hydrogen-bond donors (Lipinski definition) is 1. The molecule has 1 N–H and O–H groups in total. The van der Waals surface area contributed by atoms with E-state index in [4.69, 9.17) is 0 Å². The SMILES string of the molecule is CC1CC(C)CN(C(=O)CSCC(=O)Nc2nc(-c3ccc(I)cc3)cs2)C1. The number of benzene rings is 1. The molecule has 28 heavy (non-hydrogen) atoms. The van der Waals surface area contributed by atoms with E-state index in [0.29, 0.717) is 22.7 Å². The van der Waals surface area contributed by atoms with Gasteiger partial charge in [-0.15, -0.1) is 23.1 Å². The fraction of sp³-hybridized carbons (Fsp3) is 0.450. The Morgan fingerprint density at radius 1 is 1.21 bits per heavy atom. The molecular weight excluding hydrogens is 505 g/mol. The van der Waals surface area contributed by atoms with Gasteiger partial charge in [0.2, 0.25) is 11.8 Å². The number of thiazole rings is 1. The monoisotopic (exact) mass is 529 g/mol. The molecule has 2 amide bonds. The molecule has 2 aromatic rings. The van der Waals surface area contributed by atoms with E-state index in [9.17, 15) is 9.59 Å². The van der Waals surface area contributed by atoms with Gasteiger partial charge in [0.15, 0.2) is 5.13 Å². The number of aromatic nitrogens is 1. The maximum absolute atomic E-state index is 12.4. The van der Waals surface area contributed by atoms with Crippen molar-refractivity contribution in [3.63, 3.8) is 0 Å². The molecule has 0 saturated carbocycles. The highest BCUT2D eigenvalue weighted by molar-refractivity contribution is 14.1. The number of nitrogens with zero attached hydrogens (tertiary/aromatic N) is 2. The lowest BCUT2D eigenvalue weighted by Gasteiger charge is -2.35. The van der Waals surface area contributed by atoms with E-state index in [2.05, 4.69) is 46.7 Å². The lowest BCUT2D eigenvalue weighted by molar-refractivity contribution is -0.130. The largest absolute Gasteiger partial charge is 0.341 e. The van der Waals surface area contributed by atoms with Gasteiger partial charge in [0, 0.05) is 27.6 Å². The molecule has 3 rings (SSSR count). The Balaban J connectivity index is 1.43. The number of hydrogen-bond acceptors (Lipinski definition) is 5. The zero-order valence-electron chi connectivity index (χ0n) is 16.0. The average molecular weight is 529 g/mol. The van der Waals surface area contributed by atoms with Gasteiger partial charge >= 0.3 is 0 Å². The van der Waals surface area contributed by atoms with E-state index in [1.807, 2.05) is 34.5 Å². The van der Waals surface area contributed by atoms with Crippen LogP contribution < -0.4 is 5.32 Å². The van der Waals surface area contributed by atoms with Crippen LogP contribution in [0, 0.1) is 15.4 Å². The molecule has 2 atom stereocenters. The van der Waals surface area contributed by atoms with Crippen LogP contribution in [0.2, 0.25) is 0 Å². The minimum Gasteiger partial charge on any atom is -0.341 e. The van der Waals surface area contributed by atoms with Crippen molar-refractivity contribution < 1.29 is 9.59 Å². The Labute approximate surface area is 187 Å². The second-order valence-electron chi connectivity index (χ2n) is 7.33. The van der Waals surface area contributed by atoms with Gasteiger partial charge in [-0.2, -0.15) is 0 Å². The van der Waals surface area contributed by atoms with E-state index in [-0.39, 0.29) is 17.6 Å². The van der Waals surface area contributed by atoms with Gasteiger partial charge in [-0.05, 0) is 53.0 Å². The number of carbonyl (C=O) groups is 2. The molecule has 1 aromatic heterocycles. The Hall–Kier alpha value is -1.13. The summed E-state index contributed by atoms with van der Waals surface area (Å²) in [5.74, 6) is 1.70. The summed E-state index contributed by atoms with van der Waals surface area (Å²) in [5, 5.41) is 5.36. The maximum Gasteiger partial charge on any atom is 0.236 e. The number of anilines is 1. The first-order valence-electron chi connectivity index (χ1n) is 9.27. The Morgan fingerprint density at radius 2 is 1.89 bits per heavy atom. The number of halogens is 1. The van der Waals surface area contributed by atoms with E-state index in [1.54, 1.807) is 0 Å². The fourth-order valence-corrected chi connectivity index (χ4v) is 5.24. The maximum atomic E-state index is 12.4. The summed E-state index contributed by atoms with van der Waals surface area (Å²) in [6, 6.07) is 8.11. The minimum absolute atomic E-state index is 0.123.